The molecule has 0 aromatic heterocycles. The molecule has 8 nitrogen and oxygen atoms in total. The van der Waals surface area contributed by atoms with Crippen LogP contribution < -0.4 is 19.5 Å². The van der Waals surface area contributed by atoms with Gasteiger partial charge in [-0.25, -0.2) is 5.01 Å². The fourth-order valence-electron chi connectivity index (χ4n) is 3.20. The molecule has 0 bridgehead atoms. The molecular weight excluding hydrogens is 386 g/mol. The summed E-state index contributed by atoms with van der Waals surface area (Å²) in [5, 5.41) is 8.61. The number of hydrogen-bond acceptors (Lipinski definition) is 6. The molecule has 1 aliphatic rings. The molecule has 0 saturated carbocycles. The maximum atomic E-state index is 12.4. The normalized spacial score (nSPS) is 12.9. The zero-order valence-corrected chi connectivity index (χ0v) is 17.3. The molecule has 1 aliphatic heterocycles. The van der Waals surface area contributed by atoms with Gasteiger partial charge in [-0.05, 0) is 5.56 Å². The molecule has 0 spiro atoms. The first kappa shape index (κ1) is 21.2. The minimum atomic E-state index is -0.288. The highest BCUT2D eigenvalue weighted by atomic mass is 16.5. The highest BCUT2D eigenvalue weighted by Crippen LogP contribution is 2.39. The Balaban J connectivity index is 1.57. The standard InChI is InChI=1S/C22H25N3O5/c1-28-18-13-16(14-19(29-2)22(18)30-3)23-20(26)9-10-21(27)25-12-11-17(24-25)15-7-5-4-6-8-15/h4-8,13-14H,9-12H2,1-3H3,(H,23,26). The average molecular weight is 411 g/mol. The van der Waals surface area contributed by atoms with Crippen LogP contribution in [0.5, 0.6) is 17.2 Å². The van der Waals surface area contributed by atoms with E-state index in [1.165, 1.54) is 26.3 Å². The van der Waals surface area contributed by atoms with Crippen molar-refractivity contribution in [1.82, 2.24) is 5.01 Å². The van der Waals surface area contributed by atoms with E-state index in [1.54, 1.807) is 12.1 Å². The third-order valence-electron chi connectivity index (χ3n) is 4.71. The first-order valence-electron chi connectivity index (χ1n) is 9.58. The second kappa shape index (κ2) is 9.78. The van der Waals surface area contributed by atoms with Gasteiger partial charge in [-0.3, -0.25) is 9.59 Å². The van der Waals surface area contributed by atoms with Crippen molar-refractivity contribution in [2.75, 3.05) is 33.2 Å². The van der Waals surface area contributed by atoms with Crippen molar-refractivity contribution in [3.05, 3.63) is 48.0 Å². The Hall–Kier alpha value is -3.55. The van der Waals surface area contributed by atoms with E-state index in [4.69, 9.17) is 14.2 Å². The fraction of sp³-hybridized carbons (Fsp3) is 0.318. The van der Waals surface area contributed by atoms with Crippen LogP contribution in [0.3, 0.4) is 0 Å². The van der Waals surface area contributed by atoms with Gasteiger partial charge in [0.2, 0.25) is 17.6 Å². The predicted molar refractivity (Wildman–Crippen MR) is 113 cm³/mol. The Bertz CT molecular complexity index is 918. The summed E-state index contributed by atoms with van der Waals surface area (Å²) in [5.74, 6) is 0.838. The van der Waals surface area contributed by atoms with Gasteiger partial charge in [0.25, 0.3) is 0 Å². The third-order valence-corrected chi connectivity index (χ3v) is 4.71. The number of nitrogens with one attached hydrogen (secondary N) is 1. The van der Waals surface area contributed by atoms with Crippen LogP contribution in [0.15, 0.2) is 47.6 Å². The van der Waals surface area contributed by atoms with Crippen LogP contribution in [0.2, 0.25) is 0 Å². The van der Waals surface area contributed by atoms with Crippen LogP contribution in [-0.2, 0) is 9.59 Å². The second-order valence-electron chi connectivity index (χ2n) is 6.64. The average Bonchev–Trinajstić information content (AvgIpc) is 3.27. The maximum Gasteiger partial charge on any atom is 0.243 e. The second-order valence-corrected chi connectivity index (χ2v) is 6.64. The largest absolute Gasteiger partial charge is 0.493 e. The molecule has 1 N–H and O–H groups in total. The summed E-state index contributed by atoms with van der Waals surface area (Å²) in [5.41, 5.74) is 2.38. The smallest absolute Gasteiger partial charge is 0.243 e. The van der Waals surface area contributed by atoms with Crippen molar-refractivity contribution in [2.45, 2.75) is 19.3 Å². The molecule has 0 aliphatic carbocycles. The lowest BCUT2D eigenvalue weighted by molar-refractivity contribution is -0.132. The Kier molecular flexibility index (Phi) is 6.90. The maximum absolute atomic E-state index is 12.4. The van der Waals surface area contributed by atoms with E-state index in [1.807, 2.05) is 30.3 Å². The molecule has 1 heterocycles. The van der Waals surface area contributed by atoms with E-state index < -0.39 is 0 Å². The predicted octanol–water partition coefficient (Wildman–Crippen LogP) is 3.07. The van der Waals surface area contributed by atoms with Gasteiger partial charge in [0.1, 0.15) is 0 Å². The van der Waals surface area contributed by atoms with Gasteiger partial charge >= 0.3 is 0 Å². The Labute approximate surface area is 175 Å². The highest BCUT2D eigenvalue weighted by Gasteiger charge is 2.22. The number of methoxy groups -OCH3 is 3. The van der Waals surface area contributed by atoms with Gasteiger partial charge in [0.15, 0.2) is 11.5 Å². The molecule has 8 heteroatoms. The van der Waals surface area contributed by atoms with Crippen molar-refractivity contribution >= 4 is 23.2 Å². The minimum Gasteiger partial charge on any atom is -0.493 e. The van der Waals surface area contributed by atoms with Crippen LogP contribution in [0.25, 0.3) is 0 Å². The number of benzene rings is 2. The Morgan fingerprint density at radius 1 is 1.00 bits per heavy atom. The summed E-state index contributed by atoms with van der Waals surface area (Å²) in [6.07, 6.45) is 0.817. The number of amides is 2. The number of carbonyl (C=O) groups excluding carboxylic acids is 2. The van der Waals surface area contributed by atoms with Crippen molar-refractivity contribution in [2.24, 2.45) is 5.10 Å². The molecule has 158 valence electrons. The number of rotatable bonds is 8. The van der Waals surface area contributed by atoms with E-state index in [9.17, 15) is 9.59 Å². The molecule has 0 radical (unpaired) electrons. The summed E-state index contributed by atoms with van der Waals surface area (Å²) < 4.78 is 15.8. The lowest BCUT2D eigenvalue weighted by atomic mass is 10.1. The Morgan fingerprint density at radius 2 is 1.67 bits per heavy atom. The van der Waals surface area contributed by atoms with E-state index >= 15 is 0 Å². The summed E-state index contributed by atoms with van der Waals surface area (Å²) in [6, 6.07) is 13.0. The first-order valence-corrected chi connectivity index (χ1v) is 9.58. The zero-order chi connectivity index (χ0) is 21.5. The molecule has 3 rings (SSSR count). The number of anilines is 1. The number of hydrazone groups is 1. The minimum absolute atomic E-state index is 0.0438. The van der Waals surface area contributed by atoms with Gasteiger partial charge < -0.3 is 19.5 Å². The van der Waals surface area contributed by atoms with Gasteiger partial charge in [-0.1, -0.05) is 30.3 Å². The van der Waals surface area contributed by atoms with E-state index in [0.717, 1.165) is 11.3 Å². The Morgan fingerprint density at radius 3 is 2.27 bits per heavy atom. The van der Waals surface area contributed by atoms with Crippen molar-refractivity contribution in [3.63, 3.8) is 0 Å². The molecule has 0 saturated heterocycles. The van der Waals surface area contributed by atoms with E-state index in [0.29, 0.717) is 35.9 Å². The number of carbonyl (C=O) groups is 2. The molecular formula is C22H25N3O5. The van der Waals surface area contributed by atoms with E-state index in [2.05, 4.69) is 10.4 Å². The van der Waals surface area contributed by atoms with Crippen LogP contribution in [-0.4, -0.2) is 50.4 Å². The number of ether oxygens (including phenoxy) is 3. The van der Waals surface area contributed by atoms with Crippen LogP contribution >= 0.6 is 0 Å². The summed E-state index contributed by atoms with van der Waals surface area (Å²) in [6.45, 7) is 0.525. The highest BCUT2D eigenvalue weighted by molar-refractivity contribution is 6.02. The van der Waals surface area contributed by atoms with Crippen LogP contribution in [0, 0.1) is 0 Å². The SMILES string of the molecule is COc1cc(NC(=O)CCC(=O)N2CCC(c3ccccc3)=N2)cc(OC)c1OC. The zero-order valence-electron chi connectivity index (χ0n) is 17.3. The van der Waals surface area contributed by atoms with Gasteiger partial charge in [0, 0.05) is 37.1 Å². The number of nitrogens with zero attached hydrogens (tertiary/aromatic N) is 2. The molecule has 30 heavy (non-hydrogen) atoms. The van der Waals surface area contributed by atoms with Crippen LogP contribution in [0.1, 0.15) is 24.8 Å². The first-order chi connectivity index (χ1) is 14.5. The van der Waals surface area contributed by atoms with Crippen molar-refractivity contribution < 1.29 is 23.8 Å². The molecule has 0 fully saturated rings. The van der Waals surface area contributed by atoms with Crippen molar-refractivity contribution in [3.8, 4) is 17.2 Å². The molecule has 2 aromatic rings. The van der Waals surface area contributed by atoms with Gasteiger partial charge in [-0.2, -0.15) is 5.10 Å². The fourth-order valence-corrected chi connectivity index (χ4v) is 3.20. The lowest BCUT2D eigenvalue weighted by Gasteiger charge is -2.15. The monoisotopic (exact) mass is 411 g/mol. The van der Waals surface area contributed by atoms with Gasteiger partial charge in [-0.15, -0.1) is 0 Å². The summed E-state index contributed by atoms with van der Waals surface area (Å²) in [4.78, 5) is 24.8. The summed E-state index contributed by atoms with van der Waals surface area (Å²) in [7, 11) is 4.51. The summed E-state index contributed by atoms with van der Waals surface area (Å²) >= 11 is 0. The number of hydrogen-bond donors (Lipinski definition) is 1. The molecule has 0 atom stereocenters. The quantitative estimate of drug-likeness (QED) is 0.721. The van der Waals surface area contributed by atoms with Crippen molar-refractivity contribution in [1.29, 1.82) is 0 Å². The molecule has 2 amide bonds. The molecule has 2 aromatic carbocycles. The molecule has 0 unspecified atom stereocenters. The van der Waals surface area contributed by atoms with Gasteiger partial charge in [0.05, 0.1) is 33.6 Å². The third kappa shape index (κ3) is 4.89. The lowest BCUT2D eigenvalue weighted by Crippen LogP contribution is -2.25. The van der Waals surface area contributed by atoms with Crippen LogP contribution in [0.4, 0.5) is 5.69 Å². The topological polar surface area (TPSA) is 89.5 Å². The van der Waals surface area contributed by atoms with E-state index in [-0.39, 0.29) is 24.7 Å².